The van der Waals surface area contributed by atoms with Gasteiger partial charge in [-0.2, -0.15) is 5.10 Å². The summed E-state index contributed by atoms with van der Waals surface area (Å²) < 4.78 is 27.0. The van der Waals surface area contributed by atoms with Crippen molar-refractivity contribution in [2.24, 2.45) is 0 Å². The van der Waals surface area contributed by atoms with Crippen molar-refractivity contribution in [1.29, 1.82) is 0 Å². The smallest absolute Gasteiger partial charge is 0.159 e. The Kier molecular flexibility index (Phi) is 2.45. The SMILES string of the molecule is [CH2]c1ncn(Cc2ccc(F)c(F)c2)n1. The molecule has 1 radical (unpaired) electrons. The number of rotatable bonds is 2. The van der Waals surface area contributed by atoms with Gasteiger partial charge >= 0.3 is 0 Å². The lowest BCUT2D eigenvalue weighted by atomic mass is 10.2. The molecule has 0 amide bonds. The Bertz CT molecular complexity index is 479. The van der Waals surface area contributed by atoms with Crippen LogP contribution >= 0.6 is 0 Å². The molecule has 0 aliphatic heterocycles. The Labute approximate surface area is 85.4 Å². The quantitative estimate of drug-likeness (QED) is 0.753. The van der Waals surface area contributed by atoms with E-state index in [1.807, 2.05) is 0 Å². The van der Waals surface area contributed by atoms with E-state index in [0.717, 1.165) is 12.1 Å². The Morgan fingerprint density at radius 2 is 2.07 bits per heavy atom. The molecule has 2 aromatic rings. The molecule has 0 saturated carbocycles. The van der Waals surface area contributed by atoms with Crippen LogP contribution in [0.2, 0.25) is 0 Å². The van der Waals surface area contributed by atoms with Gasteiger partial charge in [0.05, 0.1) is 6.54 Å². The third kappa shape index (κ3) is 2.18. The maximum atomic E-state index is 12.9. The van der Waals surface area contributed by atoms with Gasteiger partial charge in [0, 0.05) is 6.92 Å². The van der Waals surface area contributed by atoms with E-state index in [1.165, 1.54) is 17.1 Å². The van der Waals surface area contributed by atoms with E-state index in [-0.39, 0.29) is 0 Å². The number of hydrogen-bond acceptors (Lipinski definition) is 2. The van der Waals surface area contributed by atoms with Crippen LogP contribution in [0, 0.1) is 18.6 Å². The van der Waals surface area contributed by atoms with Gasteiger partial charge in [-0.1, -0.05) is 6.07 Å². The summed E-state index contributed by atoms with van der Waals surface area (Å²) in [6.45, 7) is 3.88. The summed E-state index contributed by atoms with van der Waals surface area (Å²) in [5, 5.41) is 3.94. The molecule has 77 valence electrons. The van der Waals surface area contributed by atoms with Crippen molar-refractivity contribution < 1.29 is 8.78 Å². The van der Waals surface area contributed by atoms with Crippen molar-refractivity contribution in [1.82, 2.24) is 14.8 Å². The van der Waals surface area contributed by atoms with Crippen molar-refractivity contribution >= 4 is 0 Å². The Balaban J connectivity index is 2.21. The molecule has 1 aromatic carbocycles. The predicted molar refractivity (Wildman–Crippen MR) is 49.9 cm³/mol. The summed E-state index contributed by atoms with van der Waals surface area (Å²) in [5.74, 6) is -1.31. The van der Waals surface area contributed by atoms with Crippen LogP contribution in [0.25, 0.3) is 0 Å². The maximum Gasteiger partial charge on any atom is 0.159 e. The van der Waals surface area contributed by atoms with Crippen molar-refractivity contribution in [2.45, 2.75) is 6.54 Å². The summed E-state index contributed by atoms with van der Waals surface area (Å²) in [6.07, 6.45) is 1.49. The lowest BCUT2D eigenvalue weighted by Gasteiger charge is -2.01. The van der Waals surface area contributed by atoms with Crippen molar-refractivity contribution in [3.05, 3.63) is 54.5 Å². The monoisotopic (exact) mass is 208 g/mol. The molecule has 0 unspecified atom stereocenters. The number of halogens is 2. The molecule has 0 aliphatic rings. The van der Waals surface area contributed by atoms with Crippen LogP contribution in [0.3, 0.4) is 0 Å². The van der Waals surface area contributed by atoms with Gasteiger partial charge in [0.2, 0.25) is 0 Å². The van der Waals surface area contributed by atoms with Crippen LogP contribution in [-0.4, -0.2) is 14.8 Å². The first-order valence-corrected chi connectivity index (χ1v) is 4.30. The van der Waals surface area contributed by atoms with Crippen molar-refractivity contribution in [2.75, 3.05) is 0 Å². The average molecular weight is 208 g/mol. The van der Waals surface area contributed by atoms with Gasteiger partial charge < -0.3 is 0 Å². The van der Waals surface area contributed by atoms with Crippen molar-refractivity contribution in [3.8, 4) is 0 Å². The molecular weight excluding hydrogens is 200 g/mol. The summed E-state index contributed by atoms with van der Waals surface area (Å²) >= 11 is 0. The summed E-state index contributed by atoms with van der Waals surface area (Å²) in [7, 11) is 0. The minimum atomic E-state index is -0.859. The summed E-state index contributed by atoms with van der Waals surface area (Å²) in [6, 6.07) is 3.73. The maximum absolute atomic E-state index is 12.9. The van der Waals surface area contributed by atoms with E-state index < -0.39 is 11.6 Å². The normalized spacial score (nSPS) is 10.6. The molecule has 0 saturated heterocycles. The molecule has 2 rings (SSSR count). The third-order valence-corrected chi connectivity index (χ3v) is 1.91. The molecule has 0 fully saturated rings. The number of hydrogen-bond donors (Lipinski definition) is 0. The molecule has 0 atom stereocenters. The molecular formula is C10H8F2N3. The standard InChI is InChI=1S/C10H8F2N3/c1-7-13-6-15(14-7)5-8-2-3-9(11)10(12)4-8/h2-4,6H,1,5H2. The fourth-order valence-electron chi connectivity index (χ4n) is 1.23. The molecule has 0 N–H and O–H groups in total. The van der Waals surface area contributed by atoms with Gasteiger partial charge in [0.15, 0.2) is 17.5 Å². The average Bonchev–Trinajstić information content (AvgIpc) is 2.58. The molecule has 0 aliphatic carbocycles. The molecule has 1 aromatic heterocycles. The topological polar surface area (TPSA) is 30.7 Å². The highest BCUT2D eigenvalue weighted by Gasteiger charge is 2.03. The van der Waals surface area contributed by atoms with E-state index in [1.54, 1.807) is 0 Å². The number of aromatic nitrogens is 3. The Hall–Kier alpha value is -1.78. The minimum Gasteiger partial charge on any atom is -0.248 e. The molecule has 5 heteroatoms. The van der Waals surface area contributed by atoms with Crippen LogP contribution in [0.1, 0.15) is 11.4 Å². The minimum absolute atomic E-state index is 0.347. The van der Waals surface area contributed by atoms with Gasteiger partial charge in [-0.3, -0.25) is 0 Å². The van der Waals surface area contributed by atoms with E-state index >= 15 is 0 Å². The molecule has 0 bridgehead atoms. The first kappa shape index (κ1) is 9.76. The zero-order chi connectivity index (χ0) is 10.8. The molecule has 1 heterocycles. The number of nitrogens with zero attached hydrogens (tertiary/aromatic N) is 3. The third-order valence-electron chi connectivity index (χ3n) is 1.91. The van der Waals surface area contributed by atoms with Gasteiger partial charge in [-0.15, -0.1) is 0 Å². The van der Waals surface area contributed by atoms with Crippen LogP contribution in [0.5, 0.6) is 0 Å². The second-order valence-corrected chi connectivity index (χ2v) is 3.11. The second-order valence-electron chi connectivity index (χ2n) is 3.11. The van der Waals surface area contributed by atoms with Crippen LogP contribution in [-0.2, 0) is 6.54 Å². The molecule has 0 spiro atoms. The fourth-order valence-corrected chi connectivity index (χ4v) is 1.23. The highest BCUT2D eigenvalue weighted by molar-refractivity contribution is 5.17. The lowest BCUT2D eigenvalue weighted by Crippen LogP contribution is -2.01. The highest BCUT2D eigenvalue weighted by atomic mass is 19.2. The van der Waals surface area contributed by atoms with Crippen LogP contribution in [0.15, 0.2) is 24.5 Å². The highest BCUT2D eigenvalue weighted by Crippen LogP contribution is 2.09. The van der Waals surface area contributed by atoms with Gasteiger partial charge in [-0.05, 0) is 17.7 Å². The number of benzene rings is 1. The first-order valence-electron chi connectivity index (χ1n) is 4.30. The van der Waals surface area contributed by atoms with Crippen molar-refractivity contribution in [3.63, 3.8) is 0 Å². The van der Waals surface area contributed by atoms with E-state index in [9.17, 15) is 8.78 Å². The van der Waals surface area contributed by atoms with Gasteiger partial charge in [0.1, 0.15) is 6.33 Å². The Morgan fingerprint density at radius 1 is 1.27 bits per heavy atom. The Morgan fingerprint density at radius 3 is 2.67 bits per heavy atom. The molecule has 15 heavy (non-hydrogen) atoms. The first-order chi connectivity index (χ1) is 7.15. The summed E-state index contributed by atoms with van der Waals surface area (Å²) in [5.41, 5.74) is 0.624. The van der Waals surface area contributed by atoms with Gasteiger partial charge in [-0.25, -0.2) is 18.4 Å². The van der Waals surface area contributed by atoms with Crippen LogP contribution < -0.4 is 0 Å². The zero-order valence-electron chi connectivity index (χ0n) is 7.82. The summed E-state index contributed by atoms with van der Waals surface area (Å²) in [4.78, 5) is 3.83. The van der Waals surface area contributed by atoms with E-state index in [0.29, 0.717) is 17.9 Å². The lowest BCUT2D eigenvalue weighted by molar-refractivity contribution is 0.505. The van der Waals surface area contributed by atoms with E-state index in [2.05, 4.69) is 17.0 Å². The fraction of sp³-hybridized carbons (Fsp3) is 0.100. The zero-order valence-corrected chi connectivity index (χ0v) is 7.82. The largest absolute Gasteiger partial charge is 0.248 e. The molecule has 3 nitrogen and oxygen atoms in total. The van der Waals surface area contributed by atoms with E-state index in [4.69, 9.17) is 0 Å². The van der Waals surface area contributed by atoms with Gasteiger partial charge in [0.25, 0.3) is 0 Å². The second kappa shape index (κ2) is 3.76. The van der Waals surface area contributed by atoms with Crippen LogP contribution in [0.4, 0.5) is 8.78 Å². The predicted octanol–water partition coefficient (Wildman–Crippen LogP) is 1.79.